The molecule has 1 aromatic rings. The van der Waals surface area contributed by atoms with Crippen molar-refractivity contribution < 1.29 is 32.7 Å². The van der Waals surface area contributed by atoms with E-state index in [0.29, 0.717) is 25.0 Å². The lowest BCUT2D eigenvalue weighted by Gasteiger charge is -2.32. The van der Waals surface area contributed by atoms with E-state index < -0.39 is 33.9 Å². The molecule has 150 valence electrons. The van der Waals surface area contributed by atoms with Crippen LogP contribution in [-0.2, 0) is 24.3 Å². The summed E-state index contributed by atoms with van der Waals surface area (Å²) in [5.41, 5.74) is 1.54. The number of carbonyl (C=O) groups is 2. The van der Waals surface area contributed by atoms with Gasteiger partial charge in [-0.2, -0.15) is 4.31 Å². The molecule has 1 aliphatic heterocycles. The van der Waals surface area contributed by atoms with E-state index in [-0.39, 0.29) is 17.9 Å². The summed E-state index contributed by atoms with van der Waals surface area (Å²) in [7, 11) is -1.34. The minimum atomic E-state index is -4.04. The van der Waals surface area contributed by atoms with Crippen molar-refractivity contribution >= 4 is 21.9 Å². The quantitative estimate of drug-likeness (QED) is 0.414. The van der Waals surface area contributed by atoms with Crippen LogP contribution in [0.4, 0.5) is 0 Å². The average Bonchev–Trinajstić information content (AvgIpc) is 2.90. The molecule has 1 heterocycles. The Bertz CT molecular complexity index is 764. The molecule has 1 fully saturated rings. The first kappa shape index (κ1) is 21.1. The lowest BCUT2D eigenvalue weighted by Crippen LogP contribution is -2.52. The highest BCUT2D eigenvalue weighted by Gasteiger charge is 2.42. The summed E-state index contributed by atoms with van der Waals surface area (Å²) >= 11 is 0. The van der Waals surface area contributed by atoms with Crippen molar-refractivity contribution in [3.8, 4) is 5.75 Å². The zero-order chi connectivity index (χ0) is 20.0. The fourth-order valence-corrected chi connectivity index (χ4v) is 4.97. The molecule has 0 spiro atoms. The van der Waals surface area contributed by atoms with E-state index in [0.717, 1.165) is 4.31 Å². The smallest absolute Gasteiger partial charge is 0.305 e. The third-order valence-corrected chi connectivity index (χ3v) is 6.56. The van der Waals surface area contributed by atoms with Gasteiger partial charge in [0, 0.05) is 6.54 Å². The van der Waals surface area contributed by atoms with E-state index in [9.17, 15) is 18.0 Å². The fourth-order valence-electron chi connectivity index (χ4n) is 3.28. The Morgan fingerprint density at radius 3 is 2.44 bits per heavy atom. The Morgan fingerprint density at radius 2 is 1.89 bits per heavy atom. The van der Waals surface area contributed by atoms with Crippen LogP contribution in [0.15, 0.2) is 29.2 Å². The number of carbonyl (C=O) groups excluding carboxylic acids is 2. The summed E-state index contributed by atoms with van der Waals surface area (Å²) in [5, 5.41) is 9.16. The predicted octanol–water partition coefficient (Wildman–Crippen LogP) is 0.923. The molecular formula is C17H24N2O7S. The number of rotatable bonds is 6. The number of sulfonamides is 1. The first-order valence-electron chi connectivity index (χ1n) is 8.51. The standard InChI is InChI=1S/C17H24N2O7S/c1-25-13-6-8-14(9-7-13)27(23,24)19-10-4-3-5-12(11-15(20)26-2)16(19)17(21)18-22/h6-9,12,16,22H,3-5,10-11H2,1-2H3,(H,18,21). The third kappa shape index (κ3) is 4.76. The molecule has 1 aliphatic rings. The van der Waals surface area contributed by atoms with Crippen molar-refractivity contribution in [2.75, 3.05) is 20.8 Å². The van der Waals surface area contributed by atoms with Gasteiger partial charge in [-0.05, 0) is 43.0 Å². The number of nitrogens with zero attached hydrogens (tertiary/aromatic N) is 1. The first-order valence-corrected chi connectivity index (χ1v) is 9.95. The molecule has 9 nitrogen and oxygen atoms in total. The van der Waals surface area contributed by atoms with Crippen molar-refractivity contribution in [2.45, 2.75) is 36.6 Å². The van der Waals surface area contributed by atoms with Gasteiger partial charge in [0.05, 0.1) is 25.5 Å². The summed E-state index contributed by atoms with van der Waals surface area (Å²) in [4.78, 5) is 24.1. The van der Waals surface area contributed by atoms with Gasteiger partial charge in [0.1, 0.15) is 11.8 Å². The average molecular weight is 400 g/mol. The molecule has 1 aromatic carbocycles. The van der Waals surface area contributed by atoms with Crippen LogP contribution in [0.3, 0.4) is 0 Å². The molecule has 0 aliphatic carbocycles. The van der Waals surface area contributed by atoms with Gasteiger partial charge in [-0.15, -0.1) is 0 Å². The van der Waals surface area contributed by atoms with E-state index >= 15 is 0 Å². The Balaban J connectivity index is 2.44. The van der Waals surface area contributed by atoms with Gasteiger partial charge < -0.3 is 9.47 Å². The highest BCUT2D eigenvalue weighted by Crippen LogP contribution is 2.31. The maximum Gasteiger partial charge on any atom is 0.305 e. The second-order valence-electron chi connectivity index (χ2n) is 6.25. The maximum atomic E-state index is 13.2. The number of hydroxylamine groups is 1. The van der Waals surface area contributed by atoms with Crippen LogP contribution in [0.2, 0.25) is 0 Å². The summed E-state index contributed by atoms with van der Waals surface area (Å²) < 4.78 is 37.1. The lowest BCUT2D eigenvalue weighted by molar-refractivity contribution is -0.143. The second kappa shape index (κ2) is 9.16. The van der Waals surface area contributed by atoms with Crippen molar-refractivity contribution in [2.24, 2.45) is 5.92 Å². The number of esters is 1. The highest BCUT2D eigenvalue weighted by molar-refractivity contribution is 7.89. The number of benzene rings is 1. The van der Waals surface area contributed by atoms with Crippen molar-refractivity contribution in [3.05, 3.63) is 24.3 Å². The number of methoxy groups -OCH3 is 2. The normalized spacial score (nSPS) is 21.1. The third-order valence-electron chi connectivity index (χ3n) is 4.66. The molecule has 0 aromatic heterocycles. The molecule has 2 N–H and O–H groups in total. The van der Waals surface area contributed by atoms with Crippen LogP contribution in [0.5, 0.6) is 5.75 Å². The van der Waals surface area contributed by atoms with Gasteiger partial charge in [0.15, 0.2) is 0 Å². The Labute approximate surface area is 158 Å². The Kier molecular flexibility index (Phi) is 7.17. The Morgan fingerprint density at radius 1 is 1.22 bits per heavy atom. The number of hydrogen-bond acceptors (Lipinski definition) is 7. The highest BCUT2D eigenvalue weighted by atomic mass is 32.2. The van der Waals surface area contributed by atoms with Gasteiger partial charge in [0.2, 0.25) is 10.0 Å². The van der Waals surface area contributed by atoms with Crippen molar-refractivity contribution in [1.29, 1.82) is 0 Å². The molecule has 0 radical (unpaired) electrons. The molecular weight excluding hydrogens is 376 g/mol. The van der Waals surface area contributed by atoms with E-state index in [4.69, 9.17) is 9.94 Å². The minimum Gasteiger partial charge on any atom is -0.497 e. The molecule has 27 heavy (non-hydrogen) atoms. The number of nitrogens with one attached hydrogen (secondary N) is 1. The van der Waals surface area contributed by atoms with Crippen LogP contribution in [0, 0.1) is 5.92 Å². The van der Waals surface area contributed by atoms with Crippen LogP contribution in [0.25, 0.3) is 0 Å². The van der Waals surface area contributed by atoms with Gasteiger partial charge >= 0.3 is 5.97 Å². The molecule has 0 bridgehead atoms. The topological polar surface area (TPSA) is 122 Å². The number of hydrogen-bond donors (Lipinski definition) is 2. The number of amides is 1. The first-order chi connectivity index (χ1) is 12.8. The SMILES string of the molecule is COC(=O)CC1CCCCN(S(=O)(=O)c2ccc(OC)cc2)C1C(=O)NO. The zero-order valence-corrected chi connectivity index (χ0v) is 16.1. The molecule has 1 saturated heterocycles. The summed E-state index contributed by atoms with van der Waals surface area (Å²) in [6.45, 7) is 0.101. The largest absolute Gasteiger partial charge is 0.497 e. The number of ether oxygens (including phenoxy) is 2. The van der Waals surface area contributed by atoms with Crippen LogP contribution >= 0.6 is 0 Å². The zero-order valence-electron chi connectivity index (χ0n) is 15.3. The molecule has 0 saturated carbocycles. The van der Waals surface area contributed by atoms with E-state index in [1.54, 1.807) is 0 Å². The van der Waals surface area contributed by atoms with E-state index in [2.05, 4.69) is 4.74 Å². The van der Waals surface area contributed by atoms with Crippen molar-refractivity contribution in [3.63, 3.8) is 0 Å². The Hall–Kier alpha value is -2.17. The summed E-state index contributed by atoms with van der Waals surface area (Å²) in [6, 6.07) is 4.59. The van der Waals surface area contributed by atoms with Gasteiger partial charge in [-0.3, -0.25) is 14.8 Å². The fraction of sp³-hybridized carbons (Fsp3) is 0.529. The van der Waals surface area contributed by atoms with Crippen LogP contribution in [-0.4, -0.2) is 56.6 Å². The van der Waals surface area contributed by atoms with Crippen LogP contribution in [0.1, 0.15) is 25.7 Å². The van der Waals surface area contributed by atoms with Crippen molar-refractivity contribution in [1.82, 2.24) is 9.79 Å². The molecule has 2 atom stereocenters. The maximum absolute atomic E-state index is 13.2. The van der Waals surface area contributed by atoms with Gasteiger partial charge in [-0.1, -0.05) is 6.42 Å². The summed E-state index contributed by atoms with van der Waals surface area (Å²) in [6.07, 6.45) is 1.51. The van der Waals surface area contributed by atoms with E-state index in [1.165, 1.54) is 44.0 Å². The monoisotopic (exact) mass is 400 g/mol. The van der Waals surface area contributed by atoms with Crippen LogP contribution < -0.4 is 10.2 Å². The van der Waals surface area contributed by atoms with Gasteiger partial charge in [0.25, 0.3) is 5.91 Å². The molecule has 2 unspecified atom stereocenters. The molecule has 1 amide bonds. The van der Waals surface area contributed by atoms with E-state index in [1.807, 2.05) is 0 Å². The lowest BCUT2D eigenvalue weighted by atomic mass is 9.91. The second-order valence-corrected chi connectivity index (χ2v) is 8.14. The summed E-state index contributed by atoms with van der Waals surface area (Å²) in [5.74, 6) is -1.53. The predicted molar refractivity (Wildman–Crippen MR) is 94.6 cm³/mol. The minimum absolute atomic E-state index is 0.00208. The molecule has 2 rings (SSSR count). The van der Waals surface area contributed by atoms with Gasteiger partial charge in [-0.25, -0.2) is 13.9 Å². The molecule has 10 heteroatoms.